The number of nitrogen functional groups attached to an aromatic ring is 1. The molecule has 3 fully saturated rings. The molecule has 1 spiro atoms. The summed E-state index contributed by atoms with van der Waals surface area (Å²) < 4.78 is 53.1. The van der Waals surface area contributed by atoms with E-state index in [1.807, 2.05) is 0 Å². The van der Waals surface area contributed by atoms with Crippen molar-refractivity contribution in [2.75, 3.05) is 41.7 Å². The lowest BCUT2D eigenvalue weighted by Crippen LogP contribution is -2.40. The van der Waals surface area contributed by atoms with Gasteiger partial charge in [-0.25, -0.2) is 32.0 Å². The quantitative estimate of drug-likeness (QED) is 0.364. The van der Waals surface area contributed by atoms with Crippen molar-refractivity contribution in [1.29, 1.82) is 0 Å². The lowest BCUT2D eigenvalue weighted by atomic mass is 9.93. The van der Waals surface area contributed by atoms with Crippen molar-refractivity contribution in [2.24, 2.45) is 10.6 Å². The number of nitrogens with two attached hydrogens (primary N) is 2. The zero-order valence-electron chi connectivity index (χ0n) is 22.2. The van der Waals surface area contributed by atoms with Crippen LogP contribution in [0, 0.1) is 5.41 Å². The van der Waals surface area contributed by atoms with Gasteiger partial charge in [0.25, 0.3) is 5.92 Å². The second kappa shape index (κ2) is 9.91. The summed E-state index contributed by atoms with van der Waals surface area (Å²) in [6.07, 6.45) is 6.11. The normalized spacial score (nSPS) is 20.4. The Morgan fingerprint density at radius 3 is 2.24 bits per heavy atom. The highest BCUT2D eigenvalue weighted by molar-refractivity contribution is 7.98. The zero-order valence-corrected chi connectivity index (χ0v) is 23.1. The van der Waals surface area contributed by atoms with E-state index in [1.54, 1.807) is 40.0 Å². The summed E-state index contributed by atoms with van der Waals surface area (Å²) in [5.41, 5.74) is 8.86. The fourth-order valence-corrected chi connectivity index (χ4v) is 6.20. The summed E-state index contributed by atoms with van der Waals surface area (Å²) in [5, 5.41) is 23.6. The Kier molecular flexibility index (Phi) is 6.60. The minimum absolute atomic E-state index is 0.109. The number of sulfonamides is 1. The summed E-state index contributed by atoms with van der Waals surface area (Å²) in [7, 11) is -4.17. The van der Waals surface area contributed by atoms with Crippen LogP contribution in [-0.2, 0) is 10.0 Å². The van der Waals surface area contributed by atoms with E-state index in [4.69, 9.17) is 10.9 Å². The standard InChI is InChI=1S/C26H31F2N9O3S/c27-26(28)7-11-36(12-8-26)24-31-18(14-23(29)32-24)19-15-37(34-33-19)20-2-1-17(22(16-38)41(30,39)40)13-21(20)35-9-5-25(3-4-25)6-10-35/h1-2,13-16,38H,3-12H2,(H2,29,31,32)(H2,30,39,40). The summed E-state index contributed by atoms with van der Waals surface area (Å²) in [6.45, 7) is 1.79. The van der Waals surface area contributed by atoms with Gasteiger partial charge in [-0.15, -0.1) is 5.10 Å². The number of halogens is 2. The fraction of sp³-hybridized carbons (Fsp3) is 0.462. The van der Waals surface area contributed by atoms with Gasteiger partial charge >= 0.3 is 0 Å². The first-order chi connectivity index (χ1) is 19.5. The SMILES string of the molecule is Nc1cc(-c2cn(-c3ccc(C(=CO)S(N)(=O)=O)cc3N3CCC4(CC3)CC4)nn2)nc(N2CCC(F)(F)CC2)n1. The number of anilines is 3. The number of aliphatic hydroxyl groups is 1. The molecular weight excluding hydrogens is 556 g/mol. The van der Waals surface area contributed by atoms with E-state index in [2.05, 4.69) is 25.2 Å². The van der Waals surface area contributed by atoms with Gasteiger partial charge in [-0.2, -0.15) is 4.98 Å². The highest BCUT2D eigenvalue weighted by Gasteiger charge is 2.44. The predicted octanol–water partition coefficient (Wildman–Crippen LogP) is 3.07. The Morgan fingerprint density at radius 1 is 0.927 bits per heavy atom. The second-order valence-corrected chi connectivity index (χ2v) is 12.6. The molecule has 3 aromatic rings. The number of alkyl halides is 2. The average molecular weight is 588 g/mol. The molecule has 5 N–H and O–H groups in total. The molecule has 41 heavy (non-hydrogen) atoms. The predicted molar refractivity (Wildman–Crippen MR) is 150 cm³/mol. The van der Waals surface area contributed by atoms with E-state index in [9.17, 15) is 22.3 Å². The van der Waals surface area contributed by atoms with E-state index in [0.717, 1.165) is 31.6 Å². The summed E-state index contributed by atoms with van der Waals surface area (Å²) in [6, 6.07) is 6.48. The molecule has 2 aromatic heterocycles. The van der Waals surface area contributed by atoms with Crippen LogP contribution in [0.4, 0.5) is 26.2 Å². The van der Waals surface area contributed by atoms with Crippen LogP contribution in [0.5, 0.6) is 0 Å². The van der Waals surface area contributed by atoms with Crippen molar-refractivity contribution in [2.45, 2.75) is 44.4 Å². The molecule has 15 heteroatoms. The third-order valence-corrected chi connectivity index (χ3v) is 9.27. The largest absolute Gasteiger partial charge is 0.514 e. The lowest BCUT2D eigenvalue weighted by Gasteiger charge is -2.35. The van der Waals surface area contributed by atoms with Crippen molar-refractivity contribution in [3.05, 3.63) is 42.3 Å². The van der Waals surface area contributed by atoms with E-state index in [-0.39, 0.29) is 48.2 Å². The minimum atomic E-state index is -4.17. The maximum absolute atomic E-state index is 13.7. The van der Waals surface area contributed by atoms with Crippen LogP contribution in [0.2, 0.25) is 0 Å². The third-order valence-electron chi connectivity index (χ3n) is 8.32. The van der Waals surface area contributed by atoms with Crippen molar-refractivity contribution in [3.63, 3.8) is 0 Å². The first-order valence-electron chi connectivity index (χ1n) is 13.4. The zero-order chi connectivity index (χ0) is 29.0. The monoisotopic (exact) mass is 587 g/mol. The number of aliphatic hydroxyl groups excluding tert-OH is 1. The number of hydrogen-bond acceptors (Lipinski definition) is 10. The summed E-state index contributed by atoms with van der Waals surface area (Å²) in [4.78, 5) is 12.2. The third kappa shape index (κ3) is 5.55. The number of aromatic nitrogens is 5. The molecule has 0 bridgehead atoms. The fourth-order valence-electron chi connectivity index (χ4n) is 5.59. The smallest absolute Gasteiger partial charge is 0.251 e. The molecule has 1 aromatic carbocycles. The maximum Gasteiger partial charge on any atom is 0.251 e. The molecule has 2 saturated heterocycles. The Labute approximate surface area is 235 Å². The van der Waals surface area contributed by atoms with E-state index in [0.29, 0.717) is 28.8 Å². The number of benzene rings is 1. The van der Waals surface area contributed by atoms with Gasteiger partial charge in [0.1, 0.15) is 16.4 Å². The topological polar surface area (TPSA) is 169 Å². The highest BCUT2D eigenvalue weighted by atomic mass is 32.2. The summed E-state index contributed by atoms with van der Waals surface area (Å²) in [5.74, 6) is -2.27. The van der Waals surface area contributed by atoms with Crippen molar-refractivity contribution in [3.8, 4) is 17.1 Å². The van der Waals surface area contributed by atoms with Crippen LogP contribution in [0.3, 0.4) is 0 Å². The molecule has 0 amide bonds. The molecule has 0 atom stereocenters. The Morgan fingerprint density at radius 2 is 1.61 bits per heavy atom. The van der Waals surface area contributed by atoms with E-state index < -0.39 is 15.9 Å². The van der Waals surface area contributed by atoms with Crippen LogP contribution in [0.25, 0.3) is 22.0 Å². The molecule has 0 radical (unpaired) electrons. The van der Waals surface area contributed by atoms with E-state index in [1.165, 1.54) is 12.8 Å². The second-order valence-electron chi connectivity index (χ2n) is 11.1. The molecule has 2 aliphatic heterocycles. The van der Waals surface area contributed by atoms with Crippen LogP contribution >= 0.6 is 0 Å². The van der Waals surface area contributed by atoms with Gasteiger partial charge in [-0.3, -0.25) is 0 Å². The van der Waals surface area contributed by atoms with Crippen molar-refractivity contribution in [1.82, 2.24) is 25.0 Å². The molecule has 12 nitrogen and oxygen atoms in total. The molecule has 6 rings (SSSR count). The Bertz CT molecular complexity index is 1600. The van der Waals surface area contributed by atoms with Crippen LogP contribution in [-0.4, -0.2) is 70.6 Å². The first kappa shape index (κ1) is 27.3. The number of rotatable bonds is 6. The van der Waals surface area contributed by atoms with Gasteiger partial charge in [0.2, 0.25) is 16.0 Å². The number of nitrogens with zero attached hydrogens (tertiary/aromatic N) is 7. The van der Waals surface area contributed by atoms with Gasteiger partial charge in [-0.1, -0.05) is 11.3 Å². The minimum Gasteiger partial charge on any atom is -0.514 e. The van der Waals surface area contributed by atoms with Gasteiger partial charge < -0.3 is 20.6 Å². The number of hydrogen-bond donors (Lipinski definition) is 3. The van der Waals surface area contributed by atoms with Crippen LogP contribution in [0.1, 0.15) is 44.1 Å². The van der Waals surface area contributed by atoms with Crippen molar-refractivity contribution < 1.29 is 22.3 Å². The first-order valence-corrected chi connectivity index (χ1v) is 15.0. The Hall–Kier alpha value is -3.85. The molecule has 4 heterocycles. The van der Waals surface area contributed by atoms with Gasteiger partial charge in [0.05, 0.1) is 29.5 Å². The number of piperidine rings is 2. The van der Waals surface area contributed by atoms with Gasteiger partial charge in [0.15, 0.2) is 0 Å². The molecule has 3 aliphatic rings. The number of primary sulfonamides is 1. The maximum atomic E-state index is 13.7. The molecule has 0 unspecified atom stereocenters. The molecule has 218 valence electrons. The van der Waals surface area contributed by atoms with Crippen LogP contribution < -0.4 is 20.7 Å². The average Bonchev–Trinajstić information content (AvgIpc) is 3.48. The van der Waals surface area contributed by atoms with E-state index >= 15 is 0 Å². The Balaban J connectivity index is 1.34. The lowest BCUT2D eigenvalue weighted by molar-refractivity contribution is -0.0222. The molecule has 1 aliphatic carbocycles. The van der Waals surface area contributed by atoms with Gasteiger partial charge in [-0.05, 0) is 48.8 Å². The molecular formula is C26H31F2N9O3S. The molecule has 1 saturated carbocycles. The van der Waals surface area contributed by atoms with Gasteiger partial charge in [0, 0.05) is 45.1 Å². The van der Waals surface area contributed by atoms with Crippen LogP contribution in [0.15, 0.2) is 36.7 Å². The highest BCUT2D eigenvalue weighted by Crippen LogP contribution is 2.54. The van der Waals surface area contributed by atoms with Crippen molar-refractivity contribution >= 4 is 32.4 Å². The summed E-state index contributed by atoms with van der Waals surface area (Å²) >= 11 is 0.